The zero-order valence-corrected chi connectivity index (χ0v) is 23.5. The molecule has 4 aromatic carbocycles. The van der Waals surface area contributed by atoms with Gasteiger partial charge in [-0.1, -0.05) is 60.7 Å². The van der Waals surface area contributed by atoms with Crippen LogP contribution in [0.15, 0.2) is 115 Å². The van der Waals surface area contributed by atoms with Crippen LogP contribution in [0.4, 0.5) is 30.4 Å². The van der Waals surface area contributed by atoms with Crippen molar-refractivity contribution in [1.29, 1.82) is 0 Å². The third kappa shape index (κ3) is 6.87. The van der Waals surface area contributed by atoms with Gasteiger partial charge in [-0.25, -0.2) is 0 Å². The molecular weight excluding hydrogens is 569 g/mol. The van der Waals surface area contributed by atoms with E-state index in [0.29, 0.717) is 40.3 Å². The van der Waals surface area contributed by atoms with E-state index in [4.69, 9.17) is 0 Å². The number of rotatable bonds is 9. The fourth-order valence-corrected chi connectivity index (χ4v) is 4.73. The summed E-state index contributed by atoms with van der Waals surface area (Å²) in [4.78, 5) is 39.2. The Bertz CT molecular complexity index is 1780. The molecule has 0 aliphatic heterocycles. The Morgan fingerprint density at radius 3 is 2.09 bits per heavy atom. The molecule has 0 unspecified atom stereocenters. The third-order valence-electron chi connectivity index (χ3n) is 6.95. The van der Waals surface area contributed by atoms with E-state index in [2.05, 4.69) is 10.6 Å². The quantitative estimate of drug-likeness (QED) is 0.174. The van der Waals surface area contributed by atoms with Gasteiger partial charge in [0.2, 0.25) is 6.41 Å². The number of halogens is 3. The number of benzene rings is 4. The van der Waals surface area contributed by atoms with Crippen LogP contribution in [0.3, 0.4) is 0 Å². The van der Waals surface area contributed by atoms with Crippen LogP contribution in [0.1, 0.15) is 31.8 Å². The van der Waals surface area contributed by atoms with E-state index >= 15 is 0 Å². The lowest BCUT2D eigenvalue weighted by atomic mass is 9.98. The van der Waals surface area contributed by atoms with Crippen LogP contribution in [0.25, 0.3) is 11.1 Å². The summed E-state index contributed by atoms with van der Waals surface area (Å²) in [5, 5.41) is 5.66. The summed E-state index contributed by atoms with van der Waals surface area (Å²) >= 11 is 0. The van der Waals surface area contributed by atoms with Gasteiger partial charge in [-0.3, -0.25) is 19.3 Å². The van der Waals surface area contributed by atoms with Gasteiger partial charge in [-0.15, -0.1) is 0 Å². The minimum atomic E-state index is -4.46. The molecule has 2 N–H and O–H groups in total. The number of amides is 3. The molecule has 0 aliphatic rings. The summed E-state index contributed by atoms with van der Waals surface area (Å²) in [7, 11) is 1.74. The Kier molecular flexibility index (Phi) is 8.61. The number of nitrogens with zero attached hydrogens (tertiary/aromatic N) is 2. The van der Waals surface area contributed by atoms with Gasteiger partial charge >= 0.3 is 6.18 Å². The lowest BCUT2D eigenvalue weighted by Gasteiger charge is -2.18. The van der Waals surface area contributed by atoms with Gasteiger partial charge in [0.1, 0.15) is 5.82 Å². The van der Waals surface area contributed by atoms with E-state index in [1.807, 2.05) is 6.07 Å². The molecule has 0 saturated carbocycles. The number of carbonyl (C=O) groups excluding carboxylic acids is 3. The molecule has 5 aromatic rings. The van der Waals surface area contributed by atoms with Crippen molar-refractivity contribution < 1.29 is 27.6 Å². The highest BCUT2D eigenvalue weighted by Crippen LogP contribution is 2.32. The Labute approximate surface area is 251 Å². The van der Waals surface area contributed by atoms with Gasteiger partial charge in [-0.05, 0) is 59.2 Å². The first-order valence-corrected chi connectivity index (χ1v) is 13.5. The van der Waals surface area contributed by atoms with Crippen LogP contribution < -0.4 is 15.5 Å². The first-order chi connectivity index (χ1) is 21.1. The molecule has 1 aromatic heterocycles. The largest absolute Gasteiger partial charge is 0.416 e. The van der Waals surface area contributed by atoms with Crippen molar-refractivity contribution in [2.24, 2.45) is 7.05 Å². The second-order valence-corrected chi connectivity index (χ2v) is 10.0. The van der Waals surface area contributed by atoms with Gasteiger partial charge in [0.15, 0.2) is 0 Å². The van der Waals surface area contributed by atoms with E-state index in [1.165, 1.54) is 17.0 Å². The molecule has 44 heavy (non-hydrogen) atoms. The zero-order chi connectivity index (χ0) is 31.3. The Morgan fingerprint density at radius 1 is 0.795 bits per heavy atom. The first kappa shape index (κ1) is 29.8. The van der Waals surface area contributed by atoms with Gasteiger partial charge in [0.05, 0.1) is 17.8 Å². The van der Waals surface area contributed by atoms with E-state index < -0.39 is 17.6 Å². The van der Waals surface area contributed by atoms with Gasteiger partial charge < -0.3 is 15.2 Å². The molecule has 0 atom stereocenters. The molecule has 0 saturated heterocycles. The smallest absolute Gasteiger partial charge is 0.335 e. The molecule has 0 bridgehead atoms. The zero-order valence-electron chi connectivity index (χ0n) is 23.5. The molecule has 0 fully saturated rings. The van der Waals surface area contributed by atoms with Crippen molar-refractivity contribution in [2.45, 2.75) is 12.7 Å². The number of hydrogen-bond acceptors (Lipinski definition) is 3. The summed E-state index contributed by atoms with van der Waals surface area (Å²) in [6.45, 7) is 0.235. The summed E-state index contributed by atoms with van der Waals surface area (Å²) in [5.41, 5.74) is 2.85. The fourth-order valence-electron chi connectivity index (χ4n) is 4.73. The number of aryl methyl sites for hydroxylation is 1. The van der Waals surface area contributed by atoms with Crippen LogP contribution in [0.2, 0.25) is 0 Å². The van der Waals surface area contributed by atoms with Crippen molar-refractivity contribution in [3.05, 3.63) is 138 Å². The number of anilines is 3. The molecule has 222 valence electrons. The third-order valence-corrected chi connectivity index (χ3v) is 6.95. The van der Waals surface area contributed by atoms with Crippen molar-refractivity contribution >= 4 is 35.4 Å². The first-order valence-electron chi connectivity index (χ1n) is 13.5. The maximum absolute atomic E-state index is 13.3. The highest BCUT2D eigenvalue weighted by molar-refractivity contribution is 6.09. The van der Waals surface area contributed by atoms with Crippen molar-refractivity contribution in [1.82, 2.24) is 4.57 Å². The Morgan fingerprint density at radius 2 is 1.43 bits per heavy atom. The average molecular weight is 597 g/mol. The average Bonchev–Trinajstić information content (AvgIpc) is 3.39. The summed E-state index contributed by atoms with van der Waals surface area (Å²) in [5.74, 6) is -0.163. The lowest BCUT2D eigenvalue weighted by molar-refractivity contribution is -0.137. The highest BCUT2D eigenvalue weighted by Gasteiger charge is 2.30. The molecule has 5 rings (SSSR count). The van der Waals surface area contributed by atoms with Crippen LogP contribution in [-0.2, 0) is 24.6 Å². The van der Waals surface area contributed by atoms with Gasteiger partial charge in [-0.2, -0.15) is 13.2 Å². The Hall–Kier alpha value is -5.64. The molecule has 0 radical (unpaired) electrons. The van der Waals surface area contributed by atoms with Crippen LogP contribution >= 0.6 is 0 Å². The normalized spacial score (nSPS) is 11.1. The Balaban J connectivity index is 1.27. The van der Waals surface area contributed by atoms with E-state index in [1.54, 1.807) is 96.7 Å². The predicted molar refractivity (Wildman–Crippen MR) is 163 cm³/mol. The van der Waals surface area contributed by atoms with Gasteiger partial charge in [0.25, 0.3) is 11.8 Å². The van der Waals surface area contributed by atoms with Crippen molar-refractivity contribution in [3.63, 3.8) is 0 Å². The highest BCUT2D eigenvalue weighted by atomic mass is 19.4. The molecule has 1 heterocycles. The van der Waals surface area contributed by atoms with E-state index in [-0.39, 0.29) is 18.0 Å². The molecule has 7 nitrogen and oxygen atoms in total. The standard InChI is InChI=1S/C34H27F3N4O3/c1-40-21-28(39-33(44)30-10-6-5-9-29(30)24-13-15-26(16-14-24)34(35,36)37)19-31(40)41(22-42)20-23-11-17-27(18-12-23)38-32(43)25-7-3-2-4-8-25/h2-19,21-22H,20H2,1H3,(H,38,43)(H,39,44). The minimum absolute atomic E-state index is 0.228. The van der Waals surface area contributed by atoms with E-state index in [0.717, 1.165) is 17.7 Å². The topological polar surface area (TPSA) is 83.4 Å². The van der Waals surface area contributed by atoms with Gasteiger partial charge in [0, 0.05) is 36.1 Å². The molecular formula is C34H27F3N4O3. The second kappa shape index (κ2) is 12.7. The summed E-state index contributed by atoms with van der Waals surface area (Å²) in [6, 6.07) is 28.9. The van der Waals surface area contributed by atoms with Crippen LogP contribution in [0.5, 0.6) is 0 Å². The SMILES string of the molecule is Cn1cc(NC(=O)c2ccccc2-c2ccc(C(F)(F)F)cc2)cc1N(C=O)Cc1ccc(NC(=O)c2ccccc2)cc1. The van der Waals surface area contributed by atoms with Crippen LogP contribution in [-0.4, -0.2) is 22.8 Å². The number of aromatic nitrogens is 1. The molecule has 10 heteroatoms. The maximum Gasteiger partial charge on any atom is 0.416 e. The van der Waals surface area contributed by atoms with Crippen molar-refractivity contribution in [2.75, 3.05) is 15.5 Å². The predicted octanol–water partition coefficient (Wildman–Crippen LogP) is 7.38. The molecule has 0 aliphatic carbocycles. The number of hydrogen-bond donors (Lipinski definition) is 2. The molecule has 0 spiro atoms. The van der Waals surface area contributed by atoms with Crippen LogP contribution in [0, 0.1) is 0 Å². The summed E-state index contributed by atoms with van der Waals surface area (Å²) in [6.07, 6.45) is -2.11. The maximum atomic E-state index is 13.3. The second-order valence-electron chi connectivity index (χ2n) is 10.0. The molecule has 3 amide bonds. The fraction of sp³-hybridized carbons (Fsp3) is 0.0882. The number of carbonyl (C=O) groups is 3. The monoisotopic (exact) mass is 596 g/mol. The minimum Gasteiger partial charge on any atom is -0.335 e. The lowest BCUT2D eigenvalue weighted by Crippen LogP contribution is -2.22. The number of alkyl halides is 3. The van der Waals surface area contributed by atoms with E-state index in [9.17, 15) is 27.6 Å². The van der Waals surface area contributed by atoms with Crippen molar-refractivity contribution in [3.8, 4) is 11.1 Å². The number of nitrogens with one attached hydrogen (secondary N) is 2. The summed E-state index contributed by atoms with van der Waals surface area (Å²) < 4.78 is 40.7.